The van der Waals surface area contributed by atoms with E-state index >= 15 is 0 Å². The van der Waals surface area contributed by atoms with Gasteiger partial charge in [0.1, 0.15) is 6.33 Å². The molecule has 0 atom stereocenters. The SMILES string of the molecule is O=C(NCCCc1cnc2ncnn2c1)c1ccc(Cl)s1. The van der Waals surface area contributed by atoms with Crippen molar-refractivity contribution in [3.05, 3.63) is 45.6 Å². The standard InChI is InChI=1S/C13H12ClN5OS/c14-11-4-3-10(21-11)12(20)15-5-1-2-9-6-16-13-17-8-18-19(13)7-9/h3-4,6-8H,1-2,5H2,(H,15,20). The minimum absolute atomic E-state index is 0.0863. The summed E-state index contributed by atoms with van der Waals surface area (Å²) in [6.45, 7) is 0.601. The molecule has 3 aromatic heterocycles. The number of halogens is 1. The molecule has 3 aromatic rings. The predicted octanol–water partition coefficient (Wildman–Crippen LogP) is 2.20. The van der Waals surface area contributed by atoms with Gasteiger partial charge in [-0.25, -0.2) is 9.50 Å². The molecule has 21 heavy (non-hydrogen) atoms. The summed E-state index contributed by atoms with van der Waals surface area (Å²) in [6, 6.07) is 3.45. The molecule has 0 fully saturated rings. The molecule has 1 amide bonds. The smallest absolute Gasteiger partial charge is 0.261 e. The number of hydrogen-bond donors (Lipinski definition) is 1. The van der Waals surface area contributed by atoms with E-state index in [1.54, 1.807) is 22.8 Å². The van der Waals surface area contributed by atoms with E-state index < -0.39 is 0 Å². The van der Waals surface area contributed by atoms with Crippen LogP contribution < -0.4 is 5.32 Å². The van der Waals surface area contributed by atoms with Gasteiger partial charge in [0.05, 0.1) is 9.21 Å². The summed E-state index contributed by atoms with van der Waals surface area (Å²) in [4.78, 5) is 20.6. The predicted molar refractivity (Wildman–Crippen MR) is 80.8 cm³/mol. The number of hydrogen-bond acceptors (Lipinski definition) is 5. The van der Waals surface area contributed by atoms with Crippen LogP contribution >= 0.6 is 22.9 Å². The molecule has 0 saturated heterocycles. The van der Waals surface area contributed by atoms with E-state index in [2.05, 4.69) is 20.4 Å². The number of aromatic nitrogens is 4. The molecule has 0 aliphatic rings. The molecule has 0 aliphatic heterocycles. The maximum absolute atomic E-state index is 11.8. The van der Waals surface area contributed by atoms with Crippen LogP contribution in [0.15, 0.2) is 30.9 Å². The van der Waals surface area contributed by atoms with Crippen LogP contribution in [-0.2, 0) is 6.42 Å². The van der Waals surface area contributed by atoms with E-state index in [4.69, 9.17) is 11.6 Å². The Morgan fingerprint density at radius 1 is 1.38 bits per heavy atom. The van der Waals surface area contributed by atoms with Gasteiger partial charge >= 0.3 is 0 Å². The zero-order valence-electron chi connectivity index (χ0n) is 11.0. The van der Waals surface area contributed by atoms with E-state index in [9.17, 15) is 4.79 Å². The first kappa shape index (κ1) is 14.0. The first-order valence-electron chi connectivity index (χ1n) is 6.40. The molecule has 0 saturated carbocycles. The average molecular weight is 322 g/mol. The number of nitrogens with zero attached hydrogens (tertiary/aromatic N) is 4. The first-order chi connectivity index (χ1) is 10.2. The van der Waals surface area contributed by atoms with Crippen LogP contribution in [0.3, 0.4) is 0 Å². The second-order valence-electron chi connectivity index (χ2n) is 4.43. The second-order valence-corrected chi connectivity index (χ2v) is 6.15. The molecule has 8 heteroatoms. The van der Waals surface area contributed by atoms with E-state index in [0.717, 1.165) is 18.4 Å². The lowest BCUT2D eigenvalue weighted by Gasteiger charge is -2.04. The Hall–Kier alpha value is -1.99. The fourth-order valence-electron chi connectivity index (χ4n) is 1.91. The van der Waals surface area contributed by atoms with Gasteiger partial charge < -0.3 is 5.32 Å². The number of aryl methyl sites for hydroxylation is 1. The van der Waals surface area contributed by atoms with Gasteiger partial charge in [0.15, 0.2) is 0 Å². The van der Waals surface area contributed by atoms with Crippen LogP contribution in [0.4, 0.5) is 0 Å². The molecule has 0 radical (unpaired) electrons. The minimum Gasteiger partial charge on any atom is -0.351 e. The Morgan fingerprint density at radius 3 is 3.10 bits per heavy atom. The third kappa shape index (κ3) is 3.37. The molecular formula is C13H12ClN5OS. The summed E-state index contributed by atoms with van der Waals surface area (Å²) in [5.41, 5.74) is 1.06. The third-order valence-corrected chi connectivity index (χ3v) is 4.14. The molecule has 3 rings (SSSR count). The quantitative estimate of drug-likeness (QED) is 0.731. The van der Waals surface area contributed by atoms with E-state index in [1.165, 1.54) is 17.7 Å². The molecule has 0 aromatic carbocycles. The Kier molecular flexibility index (Phi) is 4.12. The van der Waals surface area contributed by atoms with Gasteiger partial charge in [-0.05, 0) is 30.5 Å². The van der Waals surface area contributed by atoms with Gasteiger partial charge in [-0.3, -0.25) is 4.79 Å². The summed E-state index contributed by atoms with van der Waals surface area (Å²) < 4.78 is 2.26. The molecule has 0 aliphatic carbocycles. The Labute approximate surface area is 129 Å². The molecule has 0 unspecified atom stereocenters. The fourth-order valence-corrected chi connectivity index (χ4v) is 2.86. The Balaban J connectivity index is 1.48. The lowest BCUT2D eigenvalue weighted by Crippen LogP contribution is -2.23. The van der Waals surface area contributed by atoms with Crippen LogP contribution in [0.2, 0.25) is 4.34 Å². The van der Waals surface area contributed by atoms with Crippen molar-refractivity contribution >= 4 is 34.6 Å². The highest BCUT2D eigenvalue weighted by Gasteiger charge is 2.07. The summed E-state index contributed by atoms with van der Waals surface area (Å²) in [7, 11) is 0. The second kappa shape index (κ2) is 6.19. The van der Waals surface area contributed by atoms with Crippen LogP contribution in [0.5, 0.6) is 0 Å². The van der Waals surface area contributed by atoms with Crippen molar-refractivity contribution in [2.45, 2.75) is 12.8 Å². The normalized spacial score (nSPS) is 10.9. The average Bonchev–Trinajstić information content (AvgIpc) is 3.11. The number of carbonyl (C=O) groups excluding carboxylic acids is 1. The topological polar surface area (TPSA) is 72.2 Å². The van der Waals surface area contributed by atoms with Crippen LogP contribution in [-0.4, -0.2) is 32.0 Å². The van der Waals surface area contributed by atoms with E-state index in [-0.39, 0.29) is 5.91 Å². The Morgan fingerprint density at radius 2 is 2.29 bits per heavy atom. The van der Waals surface area contributed by atoms with Crippen molar-refractivity contribution in [2.24, 2.45) is 0 Å². The Bertz CT molecular complexity index is 769. The molecule has 0 spiro atoms. The number of carbonyl (C=O) groups is 1. The minimum atomic E-state index is -0.0863. The molecule has 1 N–H and O–H groups in total. The van der Waals surface area contributed by atoms with Crippen LogP contribution in [0.25, 0.3) is 5.78 Å². The van der Waals surface area contributed by atoms with Crippen LogP contribution in [0.1, 0.15) is 21.7 Å². The highest BCUT2D eigenvalue weighted by atomic mass is 35.5. The van der Waals surface area contributed by atoms with Gasteiger partial charge in [-0.2, -0.15) is 10.1 Å². The maximum Gasteiger partial charge on any atom is 0.261 e. The highest BCUT2D eigenvalue weighted by Crippen LogP contribution is 2.21. The third-order valence-electron chi connectivity index (χ3n) is 2.91. The number of rotatable bonds is 5. The van der Waals surface area contributed by atoms with Crippen LogP contribution in [0, 0.1) is 0 Å². The number of nitrogens with one attached hydrogen (secondary N) is 1. The molecule has 0 bridgehead atoms. The number of amides is 1. The molecule has 108 valence electrons. The zero-order chi connectivity index (χ0) is 14.7. The summed E-state index contributed by atoms with van der Waals surface area (Å²) >= 11 is 7.08. The van der Waals surface area contributed by atoms with Crippen molar-refractivity contribution in [3.8, 4) is 0 Å². The monoisotopic (exact) mass is 321 g/mol. The van der Waals surface area contributed by atoms with Crippen molar-refractivity contribution in [2.75, 3.05) is 6.54 Å². The van der Waals surface area contributed by atoms with E-state index in [0.29, 0.717) is 21.5 Å². The van der Waals surface area contributed by atoms with Crippen molar-refractivity contribution in [1.82, 2.24) is 24.9 Å². The first-order valence-corrected chi connectivity index (χ1v) is 7.59. The fraction of sp³-hybridized carbons (Fsp3) is 0.231. The molecular weight excluding hydrogens is 310 g/mol. The maximum atomic E-state index is 11.8. The number of thiophene rings is 1. The van der Waals surface area contributed by atoms with Gasteiger partial charge in [-0.15, -0.1) is 11.3 Å². The van der Waals surface area contributed by atoms with Gasteiger partial charge in [0, 0.05) is 18.9 Å². The van der Waals surface area contributed by atoms with E-state index in [1.807, 2.05) is 6.20 Å². The summed E-state index contributed by atoms with van der Waals surface area (Å²) in [6.07, 6.45) is 6.79. The largest absolute Gasteiger partial charge is 0.351 e. The zero-order valence-corrected chi connectivity index (χ0v) is 12.6. The van der Waals surface area contributed by atoms with Crippen molar-refractivity contribution in [3.63, 3.8) is 0 Å². The molecule has 6 nitrogen and oxygen atoms in total. The lowest BCUT2D eigenvalue weighted by molar-refractivity contribution is 0.0957. The van der Waals surface area contributed by atoms with Gasteiger partial charge in [0.25, 0.3) is 11.7 Å². The van der Waals surface area contributed by atoms with Gasteiger partial charge in [-0.1, -0.05) is 11.6 Å². The van der Waals surface area contributed by atoms with Crippen molar-refractivity contribution in [1.29, 1.82) is 0 Å². The number of fused-ring (bicyclic) bond motifs is 1. The highest BCUT2D eigenvalue weighted by molar-refractivity contribution is 7.17. The van der Waals surface area contributed by atoms with Gasteiger partial charge in [0.2, 0.25) is 0 Å². The lowest BCUT2D eigenvalue weighted by atomic mass is 10.2. The summed E-state index contributed by atoms with van der Waals surface area (Å²) in [5, 5.41) is 6.91. The molecule has 3 heterocycles. The summed E-state index contributed by atoms with van der Waals surface area (Å²) in [5.74, 6) is 0.499. The van der Waals surface area contributed by atoms with Crippen molar-refractivity contribution < 1.29 is 4.79 Å².